The molecule has 0 bridgehead atoms. The Labute approximate surface area is 68.4 Å². The molecule has 0 aliphatic heterocycles. The Hall–Kier alpha value is -1.19. The summed E-state index contributed by atoms with van der Waals surface area (Å²) in [6, 6.07) is 1.46. The zero-order valence-corrected chi connectivity index (χ0v) is 6.74. The molecule has 0 aliphatic rings. The van der Waals surface area contributed by atoms with E-state index in [9.17, 15) is 13.2 Å². The number of hydrogen-bond donors (Lipinski definition) is 0. The van der Waals surface area contributed by atoms with Crippen LogP contribution in [0.15, 0.2) is 12.1 Å². The van der Waals surface area contributed by atoms with Crippen molar-refractivity contribution in [2.45, 2.75) is 0 Å². The van der Waals surface area contributed by atoms with Crippen molar-refractivity contribution in [3.63, 3.8) is 0 Å². The van der Waals surface area contributed by atoms with Gasteiger partial charge in [0.05, 0.1) is 5.69 Å². The predicted octanol–water partition coefficient (Wildman–Crippen LogP) is 2.17. The fraction of sp³-hybridized carbons (Fsp3) is 0.250. The summed E-state index contributed by atoms with van der Waals surface area (Å²) in [4.78, 5) is 1.31. The van der Waals surface area contributed by atoms with Gasteiger partial charge < -0.3 is 4.90 Å². The van der Waals surface area contributed by atoms with Gasteiger partial charge >= 0.3 is 0 Å². The summed E-state index contributed by atoms with van der Waals surface area (Å²) in [5, 5.41) is 0. The molecule has 0 heterocycles. The number of nitrogens with zero attached hydrogens (tertiary/aromatic N) is 1. The lowest BCUT2D eigenvalue weighted by molar-refractivity contribution is 0.495. The summed E-state index contributed by atoms with van der Waals surface area (Å²) in [6.45, 7) is 0. The third-order valence-electron chi connectivity index (χ3n) is 1.46. The largest absolute Gasteiger partial charge is 0.375 e. The quantitative estimate of drug-likeness (QED) is 0.591. The van der Waals surface area contributed by atoms with Gasteiger partial charge in [0, 0.05) is 26.2 Å². The third-order valence-corrected chi connectivity index (χ3v) is 1.46. The van der Waals surface area contributed by atoms with Crippen LogP contribution >= 0.6 is 0 Å². The van der Waals surface area contributed by atoms with Crippen LogP contribution in [0, 0.1) is 17.5 Å². The molecular weight excluding hydrogens is 167 g/mol. The van der Waals surface area contributed by atoms with E-state index in [-0.39, 0.29) is 5.69 Å². The molecule has 1 aromatic carbocycles. The molecule has 0 atom stereocenters. The van der Waals surface area contributed by atoms with Crippen LogP contribution in [0.3, 0.4) is 0 Å². The van der Waals surface area contributed by atoms with Crippen LogP contribution in [0.4, 0.5) is 18.9 Å². The highest BCUT2D eigenvalue weighted by molar-refractivity contribution is 5.46. The first kappa shape index (κ1) is 8.90. The first-order valence-corrected chi connectivity index (χ1v) is 3.34. The Balaban J connectivity index is 3.28. The lowest BCUT2D eigenvalue weighted by Gasteiger charge is -2.13. The van der Waals surface area contributed by atoms with E-state index in [0.717, 1.165) is 6.07 Å². The van der Waals surface area contributed by atoms with Gasteiger partial charge in [-0.25, -0.2) is 13.2 Å². The van der Waals surface area contributed by atoms with Crippen molar-refractivity contribution >= 4 is 5.69 Å². The second kappa shape index (κ2) is 3.05. The zero-order chi connectivity index (χ0) is 9.30. The van der Waals surface area contributed by atoms with Gasteiger partial charge in [-0.15, -0.1) is 0 Å². The second-order valence-corrected chi connectivity index (χ2v) is 2.62. The molecule has 0 amide bonds. The van der Waals surface area contributed by atoms with Gasteiger partial charge in [0.2, 0.25) is 0 Å². The summed E-state index contributed by atoms with van der Waals surface area (Å²) >= 11 is 0. The maximum Gasteiger partial charge on any atom is 0.182 e. The Morgan fingerprint density at radius 3 is 2.17 bits per heavy atom. The van der Waals surface area contributed by atoms with Crippen molar-refractivity contribution in [2.75, 3.05) is 19.0 Å². The standard InChI is InChI=1S/C8H8F3N/c1-12(2)7-4-5(9)3-6(10)8(7)11/h3-4H,1-2H3. The van der Waals surface area contributed by atoms with E-state index in [1.807, 2.05) is 0 Å². The predicted molar refractivity (Wildman–Crippen MR) is 40.6 cm³/mol. The summed E-state index contributed by atoms with van der Waals surface area (Å²) in [7, 11) is 3.02. The van der Waals surface area contributed by atoms with Gasteiger partial charge in [-0.3, -0.25) is 0 Å². The van der Waals surface area contributed by atoms with Crippen molar-refractivity contribution in [2.24, 2.45) is 0 Å². The zero-order valence-electron chi connectivity index (χ0n) is 6.74. The molecule has 0 saturated carbocycles. The SMILES string of the molecule is CN(C)c1cc(F)cc(F)c1F. The number of anilines is 1. The van der Waals surface area contributed by atoms with Crippen LogP contribution in [0.25, 0.3) is 0 Å². The Bertz CT molecular complexity index is 297. The molecule has 0 aromatic heterocycles. The first-order chi connectivity index (χ1) is 5.52. The van der Waals surface area contributed by atoms with Gasteiger partial charge in [0.15, 0.2) is 11.6 Å². The number of halogens is 3. The van der Waals surface area contributed by atoms with Crippen molar-refractivity contribution in [3.8, 4) is 0 Å². The third kappa shape index (κ3) is 1.52. The van der Waals surface area contributed by atoms with E-state index in [2.05, 4.69) is 0 Å². The van der Waals surface area contributed by atoms with E-state index >= 15 is 0 Å². The van der Waals surface area contributed by atoms with Crippen LogP contribution in [0.2, 0.25) is 0 Å². The number of rotatable bonds is 1. The summed E-state index contributed by atoms with van der Waals surface area (Å²) in [6.07, 6.45) is 0. The van der Waals surface area contributed by atoms with Crippen molar-refractivity contribution in [1.29, 1.82) is 0 Å². The highest BCUT2D eigenvalue weighted by Gasteiger charge is 2.11. The van der Waals surface area contributed by atoms with Gasteiger partial charge in [0.25, 0.3) is 0 Å². The molecule has 0 radical (unpaired) electrons. The molecule has 0 unspecified atom stereocenters. The van der Waals surface area contributed by atoms with Gasteiger partial charge in [0.1, 0.15) is 5.82 Å². The fourth-order valence-electron chi connectivity index (χ4n) is 0.868. The highest BCUT2D eigenvalue weighted by atomic mass is 19.2. The first-order valence-electron chi connectivity index (χ1n) is 3.34. The summed E-state index contributed by atoms with van der Waals surface area (Å²) in [5.41, 5.74) is -0.0903. The Morgan fingerprint density at radius 1 is 1.08 bits per heavy atom. The van der Waals surface area contributed by atoms with E-state index in [4.69, 9.17) is 0 Å². The topological polar surface area (TPSA) is 3.24 Å². The van der Waals surface area contributed by atoms with Crippen molar-refractivity contribution < 1.29 is 13.2 Å². The van der Waals surface area contributed by atoms with E-state index < -0.39 is 17.5 Å². The highest BCUT2D eigenvalue weighted by Crippen LogP contribution is 2.20. The van der Waals surface area contributed by atoms with Crippen molar-refractivity contribution in [3.05, 3.63) is 29.6 Å². The smallest absolute Gasteiger partial charge is 0.182 e. The van der Waals surface area contributed by atoms with Crippen LogP contribution in [-0.2, 0) is 0 Å². The van der Waals surface area contributed by atoms with E-state index in [1.165, 1.54) is 19.0 Å². The van der Waals surface area contributed by atoms with Crippen LogP contribution in [0.1, 0.15) is 0 Å². The number of hydrogen-bond acceptors (Lipinski definition) is 1. The average Bonchev–Trinajstić information content (AvgIpc) is 1.96. The summed E-state index contributed by atoms with van der Waals surface area (Å²) < 4.78 is 37.9. The molecule has 0 aliphatic carbocycles. The van der Waals surface area contributed by atoms with E-state index in [1.54, 1.807) is 0 Å². The lowest BCUT2D eigenvalue weighted by atomic mass is 10.2. The minimum atomic E-state index is -1.17. The molecule has 0 spiro atoms. The molecule has 12 heavy (non-hydrogen) atoms. The molecule has 66 valence electrons. The van der Waals surface area contributed by atoms with Crippen LogP contribution < -0.4 is 4.90 Å². The monoisotopic (exact) mass is 175 g/mol. The Kier molecular flexibility index (Phi) is 2.26. The average molecular weight is 175 g/mol. The fourth-order valence-corrected chi connectivity index (χ4v) is 0.868. The molecule has 1 nitrogen and oxygen atoms in total. The van der Waals surface area contributed by atoms with Gasteiger partial charge in [-0.2, -0.15) is 0 Å². The molecular formula is C8H8F3N. The summed E-state index contributed by atoms with van der Waals surface area (Å²) in [5.74, 6) is -2.97. The van der Waals surface area contributed by atoms with Gasteiger partial charge in [-0.1, -0.05) is 0 Å². The molecule has 0 saturated heterocycles. The van der Waals surface area contributed by atoms with Gasteiger partial charge in [-0.05, 0) is 0 Å². The number of benzene rings is 1. The molecule has 1 rings (SSSR count). The minimum Gasteiger partial charge on any atom is -0.375 e. The van der Waals surface area contributed by atoms with E-state index in [0.29, 0.717) is 6.07 Å². The van der Waals surface area contributed by atoms with Crippen molar-refractivity contribution in [1.82, 2.24) is 0 Å². The lowest BCUT2D eigenvalue weighted by Crippen LogP contribution is -2.12. The molecule has 0 N–H and O–H groups in total. The normalized spacial score (nSPS) is 10.1. The van der Waals surface area contributed by atoms with Crippen LogP contribution in [0.5, 0.6) is 0 Å². The maximum absolute atomic E-state index is 12.8. The molecule has 4 heteroatoms. The maximum atomic E-state index is 12.8. The molecule has 0 fully saturated rings. The second-order valence-electron chi connectivity index (χ2n) is 2.62. The Morgan fingerprint density at radius 2 is 1.67 bits per heavy atom. The van der Waals surface area contributed by atoms with Crippen LogP contribution in [-0.4, -0.2) is 14.1 Å². The minimum absolute atomic E-state index is 0.0903. The molecule has 1 aromatic rings.